The second kappa shape index (κ2) is 8.34. The molecule has 24 heavy (non-hydrogen) atoms. The summed E-state index contributed by atoms with van der Waals surface area (Å²) in [5.41, 5.74) is 2.80. The Bertz CT molecular complexity index is 820. The van der Waals surface area contributed by atoms with E-state index in [9.17, 15) is 4.79 Å². The maximum atomic E-state index is 12.1. The van der Waals surface area contributed by atoms with Crippen molar-refractivity contribution in [2.45, 2.75) is 12.8 Å². The number of nitrogens with zero attached hydrogens (tertiary/aromatic N) is 2. The molecule has 0 fully saturated rings. The molecule has 0 bridgehead atoms. The van der Waals surface area contributed by atoms with Crippen LogP contribution in [0.4, 0.5) is 0 Å². The van der Waals surface area contributed by atoms with Crippen molar-refractivity contribution < 1.29 is 4.79 Å². The van der Waals surface area contributed by atoms with E-state index < -0.39 is 0 Å². The molecule has 1 N–H and O–H groups in total. The van der Waals surface area contributed by atoms with Gasteiger partial charge in [-0.15, -0.1) is 11.3 Å². The van der Waals surface area contributed by atoms with Gasteiger partial charge < -0.3 is 5.32 Å². The number of hydrogen-bond donors (Lipinski definition) is 1. The minimum atomic E-state index is -0.0170. The Balaban J connectivity index is 1.48. The summed E-state index contributed by atoms with van der Waals surface area (Å²) in [7, 11) is 0. The van der Waals surface area contributed by atoms with Gasteiger partial charge in [-0.2, -0.15) is 0 Å². The van der Waals surface area contributed by atoms with E-state index in [0.29, 0.717) is 6.54 Å². The van der Waals surface area contributed by atoms with Crippen molar-refractivity contribution in [1.29, 1.82) is 0 Å². The van der Waals surface area contributed by atoms with E-state index in [1.54, 1.807) is 23.7 Å². The zero-order chi connectivity index (χ0) is 16.8. The van der Waals surface area contributed by atoms with E-state index in [1.165, 1.54) is 0 Å². The third-order valence-corrected chi connectivity index (χ3v) is 5.35. The van der Waals surface area contributed by atoms with E-state index in [2.05, 4.69) is 43.3 Å². The molecule has 0 atom stereocenters. The maximum Gasteiger partial charge on any atom is 0.252 e. The fraction of sp³-hybridized carbons (Fsp3) is 0.167. The van der Waals surface area contributed by atoms with Crippen molar-refractivity contribution >= 4 is 39.8 Å². The van der Waals surface area contributed by atoms with Gasteiger partial charge in [0.25, 0.3) is 5.91 Å². The number of carbonyl (C=O) groups is 1. The fourth-order valence-electron chi connectivity index (χ4n) is 2.26. The minimum Gasteiger partial charge on any atom is -0.352 e. The van der Waals surface area contributed by atoms with E-state index >= 15 is 0 Å². The zero-order valence-corrected chi connectivity index (χ0v) is 15.9. The van der Waals surface area contributed by atoms with Crippen LogP contribution in [0.3, 0.4) is 0 Å². The van der Waals surface area contributed by atoms with Crippen molar-refractivity contribution in [2.75, 3.05) is 6.54 Å². The van der Waals surface area contributed by atoms with Crippen LogP contribution in [0.15, 0.2) is 54.2 Å². The van der Waals surface area contributed by atoms with Crippen molar-refractivity contribution in [3.05, 3.63) is 68.3 Å². The van der Waals surface area contributed by atoms with Gasteiger partial charge >= 0.3 is 0 Å². The first-order valence-corrected chi connectivity index (χ1v) is 9.57. The molecule has 0 aliphatic heterocycles. The Morgan fingerprint density at radius 1 is 1.17 bits per heavy atom. The average Bonchev–Trinajstić information content (AvgIpc) is 3.09. The predicted octanol–water partition coefficient (Wildman–Crippen LogP) is 4.17. The number of hydrogen-bond acceptors (Lipinski definition) is 4. The Morgan fingerprint density at radius 2 is 1.96 bits per heavy atom. The first kappa shape index (κ1) is 17.0. The number of thiazole rings is 1. The predicted molar refractivity (Wildman–Crippen MR) is 105 cm³/mol. The molecular weight excluding hydrogens is 433 g/mol. The van der Waals surface area contributed by atoms with E-state index in [4.69, 9.17) is 0 Å². The molecule has 122 valence electrons. The van der Waals surface area contributed by atoms with Crippen LogP contribution in [0.1, 0.15) is 21.8 Å². The van der Waals surface area contributed by atoms with E-state index in [-0.39, 0.29) is 5.91 Å². The van der Waals surface area contributed by atoms with Gasteiger partial charge in [0, 0.05) is 39.9 Å². The van der Waals surface area contributed by atoms with Gasteiger partial charge in [-0.3, -0.25) is 9.78 Å². The highest BCUT2D eigenvalue weighted by Crippen LogP contribution is 2.21. The van der Waals surface area contributed by atoms with Crippen LogP contribution in [0.2, 0.25) is 0 Å². The van der Waals surface area contributed by atoms with Crippen molar-refractivity contribution in [2.24, 2.45) is 0 Å². The summed E-state index contributed by atoms with van der Waals surface area (Å²) in [6.07, 6.45) is 5.28. The molecular formula is C18H16IN3OS. The summed E-state index contributed by atoms with van der Waals surface area (Å²) < 4.78 is 0.967. The quantitative estimate of drug-likeness (QED) is 0.454. The highest BCUT2D eigenvalue weighted by atomic mass is 127. The van der Waals surface area contributed by atoms with E-state index in [1.807, 2.05) is 36.4 Å². The minimum absolute atomic E-state index is 0.0170. The number of rotatable bonds is 6. The number of amides is 1. The summed E-state index contributed by atoms with van der Waals surface area (Å²) in [5.74, 6) is -0.0170. The molecule has 0 aliphatic rings. The summed E-state index contributed by atoms with van der Waals surface area (Å²) in [6, 6.07) is 11.5. The molecule has 0 saturated heterocycles. The van der Waals surface area contributed by atoms with Gasteiger partial charge in [0.1, 0.15) is 0 Å². The topological polar surface area (TPSA) is 54.9 Å². The lowest BCUT2D eigenvalue weighted by Crippen LogP contribution is -2.25. The smallest absolute Gasteiger partial charge is 0.252 e. The number of carbonyl (C=O) groups excluding carboxylic acids is 1. The Labute approximate surface area is 158 Å². The van der Waals surface area contributed by atoms with Crippen LogP contribution >= 0.6 is 33.9 Å². The zero-order valence-electron chi connectivity index (χ0n) is 12.9. The summed E-state index contributed by atoms with van der Waals surface area (Å²) in [5, 5.41) is 6.13. The Hall–Kier alpha value is -1.80. The van der Waals surface area contributed by atoms with Crippen molar-refractivity contribution in [3.63, 3.8) is 0 Å². The normalized spacial score (nSPS) is 10.5. The highest BCUT2D eigenvalue weighted by molar-refractivity contribution is 14.1. The molecule has 2 heterocycles. The van der Waals surface area contributed by atoms with Gasteiger partial charge in [-0.25, -0.2) is 4.98 Å². The summed E-state index contributed by atoms with van der Waals surface area (Å²) >= 11 is 3.84. The lowest BCUT2D eigenvalue weighted by molar-refractivity contribution is 0.0952. The van der Waals surface area contributed by atoms with Gasteiger partial charge in [0.15, 0.2) is 0 Å². The maximum absolute atomic E-state index is 12.1. The third kappa shape index (κ3) is 4.39. The Kier molecular flexibility index (Phi) is 5.92. The highest BCUT2D eigenvalue weighted by Gasteiger charge is 2.08. The van der Waals surface area contributed by atoms with Crippen molar-refractivity contribution in [1.82, 2.24) is 15.3 Å². The van der Waals surface area contributed by atoms with Crippen molar-refractivity contribution in [3.8, 4) is 11.3 Å². The molecule has 2 aromatic heterocycles. The second-order valence-electron chi connectivity index (χ2n) is 5.20. The van der Waals surface area contributed by atoms with Crippen LogP contribution in [0, 0.1) is 3.57 Å². The number of aromatic nitrogens is 2. The molecule has 0 spiro atoms. The number of halogens is 1. The molecule has 0 radical (unpaired) electrons. The monoisotopic (exact) mass is 449 g/mol. The SMILES string of the molecule is O=C(NCCCc1nc(-c2ccncc2)cs1)c1ccccc1I. The first-order chi connectivity index (χ1) is 11.7. The lowest BCUT2D eigenvalue weighted by Gasteiger charge is -2.06. The Morgan fingerprint density at radius 3 is 2.75 bits per heavy atom. The van der Waals surface area contributed by atoms with Crippen LogP contribution in [0.5, 0.6) is 0 Å². The largest absolute Gasteiger partial charge is 0.352 e. The second-order valence-corrected chi connectivity index (χ2v) is 7.31. The molecule has 6 heteroatoms. The van der Waals surface area contributed by atoms with Crippen LogP contribution < -0.4 is 5.32 Å². The molecule has 4 nitrogen and oxygen atoms in total. The van der Waals surface area contributed by atoms with Crippen LogP contribution in [-0.2, 0) is 6.42 Å². The molecule has 0 aliphatic carbocycles. The third-order valence-electron chi connectivity index (χ3n) is 3.50. The van der Waals surface area contributed by atoms with Gasteiger partial charge in [0.05, 0.1) is 16.3 Å². The van der Waals surface area contributed by atoms with Crippen LogP contribution in [-0.4, -0.2) is 22.4 Å². The molecule has 3 rings (SSSR count). The lowest BCUT2D eigenvalue weighted by atomic mass is 10.2. The summed E-state index contributed by atoms with van der Waals surface area (Å²) in [6.45, 7) is 0.647. The molecule has 1 aromatic carbocycles. The first-order valence-electron chi connectivity index (χ1n) is 7.61. The number of benzene rings is 1. The number of nitrogens with one attached hydrogen (secondary N) is 1. The molecule has 1 amide bonds. The van der Waals surface area contributed by atoms with Gasteiger partial charge in [-0.1, -0.05) is 12.1 Å². The van der Waals surface area contributed by atoms with E-state index in [0.717, 1.165) is 38.2 Å². The standard InChI is InChI=1S/C18H16IN3OS/c19-15-5-2-1-4-14(15)18(23)21-9-3-6-17-22-16(12-24-17)13-7-10-20-11-8-13/h1-2,4-5,7-8,10-12H,3,6,9H2,(H,21,23). The average molecular weight is 449 g/mol. The summed E-state index contributed by atoms with van der Waals surface area (Å²) in [4.78, 5) is 20.8. The molecule has 3 aromatic rings. The van der Waals surface area contributed by atoms with Gasteiger partial charge in [-0.05, 0) is 53.3 Å². The fourth-order valence-corrected chi connectivity index (χ4v) is 3.75. The molecule has 0 saturated carbocycles. The molecule has 0 unspecified atom stereocenters. The number of pyridine rings is 1. The van der Waals surface area contributed by atoms with Crippen LogP contribution in [0.25, 0.3) is 11.3 Å². The van der Waals surface area contributed by atoms with Gasteiger partial charge in [0.2, 0.25) is 0 Å². The number of aryl methyl sites for hydroxylation is 1.